The predicted molar refractivity (Wildman–Crippen MR) is 93.0 cm³/mol. The summed E-state index contributed by atoms with van der Waals surface area (Å²) in [6.45, 7) is 10.0. The fourth-order valence-electron chi connectivity index (χ4n) is 1.19. The molecule has 0 bridgehead atoms. The van der Waals surface area contributed by atoms with Gasteiger partial charge in [-0.2, -0.15) is 8.42 Å². The average Bonchev–Trinajstić information content (AvgIpc) is 2.39. The minimum atomic E-state index is -4.57. The third kappa shape index (κ3) is 6.51. The van der Waals surface area contributed by atoms with Crippen LogP contribution in [0.1, 0.15) is 46.6 Å². The Hall–Kier alpha value is 0.290. The van der Waals surface area contributed by atoms with Crippen molar-refractivity contribution in [3.05, 3.63) is 25.7 Å². The van der Waals surface area contributed by atoms with Crippen molar-refractivity contribution in [2.75, 3.05) is 0 Å². The number of hydrogen-bond donors (Lipinski definition) is 1. The van der Waals surface area contributed by atoms with Crippen LogP contribution in [0.25, 0.3) is 0 Å². The van der Waals surface area contributed by atoms with E-state index in [2.05, 4.69) is 13.8 Å². The summed E-state index contributed by atoms with van der Waals surface area (Å²) < 4.78 is 31.0. The number of benzene rings is 1. The van der Waals surface area contributed by atoms with E-state index in [4.69, 9.17) is 51.0 Å². The molecule has 21 heavy (non-hydrogen) atoms. The third-order valence-electron chi connectivity index (χ3n) is 1.93. The quantitative estimate of drug-likeness (QED) is 0.454. The molecule has 0 saturated carbocycles. The van der Waals surface area contributed by atoms with Crippen molar-refractivity contribution in [1.29, 1.82) is 0 Å². The normalized spacial score (nSPS) is 10.2. The van der Waals surface area contributed by atoms with Crippen molar-refractivity contribution in [3.63, 3.8) is 0 Å². The third-order valence-corrected chi connectivity index (χ3v) is 4.86. The molecule has 0 atom stereocenters. The topological polar surface area (TPSA) is 54.4 Å². The lowest BCUT2D eigenvalue weighted by molar-refractivity contribution is 0.483. The molecule has 0 amide bonds. The Morgan fingerprint density at radius 1 is 0.857 bits per heavy atom. The van der Waals surface area contributed by atoms with E-state index in [9.17, 15) is 8.42 Å². The molecular formula is C13H20Cl4O3S. The van der Waals surface area contributed by atoms with E-state index in [1.165, 1.54) is 6.42 Å². The van der Waals surface area contributed by atoms with Gasteiger partial charge in [-0.1, -0.05) is 87.4 Å². The second kappa shape index (κ2) is 10.9. The van der Waals surface area contributed by atoms with Crippen LogP contribution in [-0.4, -0.2) is 13.0 Å². The van der Waals surface area contributed by atoms with E-state index >= 15 is 0 Å². The van der Waals surface area contributed by atoms with Gasteiger partial charge in [0.2, 0.25) is 0 Å². The molecule has 0 aliphatic rings. The summed E-state index contributed by atoms with van der Waals surface area (Å²) in [4.78, 5) is -0.664. The molecule has 0 spiro atoms. The molecule has 0 saturated heterocycles. The molecule has 1 N–H and O–H groups in total. The van der Waals surface area contributed by atoms with E-state index in [0.717, 1.165) is 0 Å². The molecule has 0 aliphatic heterocycles. The maximum atomic E-state index is 11.0. The largest absolute Gasteiger partial charge is 0.297 e. The van der Waals surface area contributed by atoms with E-state index in [1.54, 1.807) is 6.92 Å². The van der Waals surface area contributed by atoms with Crippen molar-refractivity contribution < 1.29 is 13.0 Å². The summed E-state index contributed by atoms with van der Waals surface area (Å²) in [6.07, 6.45) is 1.68. The summed E-state index contributed by atoms with van der Waals surface area (Å²) in [6, 6.07) is 0. The van der Waals surface area contributed by atoms with Crippen LogP contribution in [0.2, 0.25) is 20.1 Å². The maximum Gasteiger partial charge on any atom is 0.297 e. The van der Waals surface area contributed by atoms with Crippen LogP contribution in [0.4, 0.5) is 0 Å². The molecule has 1 aromatic rings. The zero-order valence-corrected chi connectivity index (χ0v) is 16.4. The molecule has 0 aromatic heterocycles. The highest BCUT2D eigenvalue weighted by molar-refractivity contribution is 7.86. The summed E-state index contributed by atoms with van der Waals surface area (Å²) in [5.74, 6) is 0. The van der Waals surface area contributed by atoms with Gasteiger partial charge in [-0.05, 0) is 12.0 Å². The van der Waals surface area contributed by atoms with Crippen LogP contribution in [0.5, 0.6) is 0 Å². The molecule has 1 aromatic carbocycles. The summed E-state index contributed by atoms with van der Waals surface area (Å²) >= 11 is 23.1. The molecule has 0 aliphatic carbocycles. The standard InChI is InChI=1S/C8H6Cl4O3S.C3H8.C2H6/c1-2-3-4(9)6(11)8(16(13,14)15)7(12)5(3)10;1-3-2;1-2/h2H2,1H3,(H,13,14,15);3H2,1-2H3;1-2H3. The van der Waals surface area contributed by atoms with Crippen LogP contribution in [0.15, 0.2) is 4.90 Å². The van der Waals surface area contributed by atoms with Gasteiger partial charge in [0.15, 0.2) is 0 Å². The lowest BCUT2D eigenvalue weighted by Gasteiger charge is -2.12. The summed E-state index contributed by atoms with van der Waals surface area (Å²) in [5, 5.41) is -0.691. The fraction of sp³-hybridized carbons (Fsp3) is 0.538. The average molecular weight is 398 g/mol. The van der Waals surface area contributed by atoms with Crippen LogP contribution in [0, 0.1) is 0 Å². The lowest BCUT2D eigenvalue weighted by Crippen LogP contribution is -2.03. The first-order valence-electron chi connectivity index (χ1n) is 6.45. The number of halogens is 4. The predicted octanol–water partition coefficient (Wildman–Crippen LogP) is 6.55. The second-order valence-electron chi connectivity index (χ2n) is 3.60. The zero-order valence-electron chi connectivity index (χ0n) is 12.6. The van der Waals surface area contributed by atoms with Gasteiger partial charge < -0.3 is 0 Å². The van der Waals surface area contributed by atoms with E-state index in [1.807, 2.05) is 13.8 Å². The molecule has 3 nitrogen and oxygen atoms in total. The van der Waals surface area contributed by atoms with Gasteiger partial charge in [0.1, 0.15) is 4.90 Å². The van der Waals surface area contributed by atoms with Gasteiger partial charge in [0.25, 0.3) is 10.1 Å². The van der Waals surface area contributed by atoms with Crippen LogP contribution >= 0.6 is 46.4 Å². The Balaban J connectivity index is 0. The summed E-state index contributed by atoms with van der Waals surface area (Å²) in [5.41, 5.74) is 0.436. The number of rotatable bonds is 2. The molecule has 8 heteroatoms. The van der Waals surface area contributed by atoms with Crippen LogP contribution in [0.3, 0.4) is 0 Å². The molecule has 124 valence electrons. The molecular weight excluding hydrogens is 378 g/mol. The van der Waals surface area contributed by atoms with Gasteiger partial charge in [0, 0.05) is 0 Å². The fourth-order valence-corrected chi connectivity index (χ4v) is 3.71. The highest BCUT2D eigenvalue weighted by Gasteiger charge is 2.26. The van der Waals surface area contributed by atoms with Crippen molar-refractivity contribution in [1.82, 2.24) is 0 Å². The monoisotopic (exact) mass is 396 g/mol. The highest BCUT2D eigenvalue weighted by atomic mass is 35.5. The molecule has 0 radical (unpaired) electrons. The minimum absolute atomic E-state index is 0.0220. The van der Waals surface area contributed by atoms with E-state index < -0.39 is 15.0 Å². The van der Waals surface area contributed by atoms with Crippen molar-refractivity contribution >= 4 is 56.5 Å². The van der Waals surface area contributed by atoms with Gasteiger partial charge in [-0.15, -0.1) is 0 Å². The van der Waals surface area contributed by atoms with Gasteiger partial charge in [-0.3, -0.25) is 4.55 Å². The molecule has 0 unspecified atom stereocenters. The van der Waals surface area contributed by atoms with Crippen LogP contribution < -0.4 is 0 Å². The van der Waals surface area contributed by atoms with Gasteiger partial charge >= 0.3 is 0 Å². The first kappa shape index (κ1) is 23.6. The van der Waals surface area contributed by atoms with Gasteiger partial charge in [-0.25, -0.2) is 0 Å². The maximum absolute atomic E-state index is 11.0. The Kier molecular flexibility index (Phi) is 12.3. The first-order chi connectivity index (χ1) is 9.63. The Morgan fingerprint density at radius 3 is 1.33 bits per heavy atom. The van der Waals surface area contributed by atoms with Crippen molar-refractivity contribution in [2.24, 2.45) is 0 Å². The zero-order chi connectivity index (χ0) is 17.4. The minimum Gasteiger partial charge on any atom is -0.282 e. The Morgan fingerprint density at radius 2 is 1.14 bits per heavy atom. The lowest BCUT2D eigenvalue weighted by atomic mass is 10.2. The molecule has 1 rings (SSSR count). The first-order valence-corrected chi connectivity index (χ1v) is 9.40. The highest BCUT2D eigenvalue weighted by Crippen LogP contribution is 2.43. The van der Waals surface area contributed by atoms with Crippen molar-refractivity contribution in [2.45, 2.75) is 52.4 Å². The Labute approximate surface area is 147 Å². The Bertz CT molecular complexity index is 528. The second-order valence-corrected chi connectivity index (χ2v) is 6.47. The molecule has 0 fully saturated rings. The molecule has 0 heterocycles. The summed E-state index contributed by atoms with van der Waals surface area (Å²) in [7, 11) is -4.57. The van der Waals surface area contributed by atoms with Crippen molar-refractivity contribution in [3.8, 4) is 0 Å². The smallest absolute Gasteiger partial charge is 0.282 e. The SMILES string of the molecule is CC.CCC.CCc1c(Cl)c(Cl)c(S(=O)(=O)O)c(Cl)c1Cl. The van der Waals surface area contributed by atoms with Gasteiger partial charge in [0.05, 0.1) is 20.1 Å². The number of hydrogen-bond acceptors (Lipinski definition) is 2. The van der Waals surface area contributed by atoms with Crippen LogP contribution in [-0.2, 0) is 16.5 Å². The van der Waals surface area contributed by atoms with E-state index in [-0.39, 0.29) is 20.1 Å². The van der Waals surface area contributed by atoms with E-state index in [0.29, 0.717) is 12.0 Å².